The van der Waals surface area contributed by atoms with Crippen LogP contribution in [-0.4, -0.2) is 15.7 Å². The molecule has 1 aromatic heterocycles. The van der Waals surface area contributed by atoms with Gasteiger partial charge in [0.25, 0.3) is 5.69 Å². The second-order valence-electron chi connectivity index (χ2n) is 2.71. The fourth-order valence-corrected chi connectivity index (χ4v) is 1.09. The minimum absolute atomic E-state index is 0.00872. The first-order valence-electron chi connectivity index (χ1n) is 4.03. The Morgan fingerprint density at radius 2 is 2.43 bits per heavy atom. The molecule has 1 aromatic rings. The van der Waals surface area contributed by atoms with Crippen molar-refractivity contribution in [1.29, 1.82) is 0 Å². The van der Waals surface area contributed by atoms with Gasteiger partial charge in [-0.15, -0.1) is 0 Å². The predicted molar refractivity (Wildman–Crippen MR) is 58.5 cm³/mol. The summed E-state index contributed by atoms with van der Waals surface area (Å²) in [5.74, 6) is 0.599. The van der Waals surface area contributed by atoms with E-state index in [-0.39, 0.29) is 5.69 Å². The highest BCUT2D eigenvalue weighted by Crippen LogP contribution is 2.15. The maximum absolute atomic E-state index is 10.5. The smallest absolute Gasteiger partial charge is 0.258 e. The van der Waals surface area contributed by atoms with Crippen molar-refractivity contribution in [2.45, 2.75) is 6.92 Å². The van der Waals surface area contributed by atoms with Crippen LogP contribution in [0.3, 0.4) is 0 Å². The summed E-state index contributed by atoms with van der Waals surface area (Å²) in [6, 6.07) is 1.50. The lowest BCUT2D eigenvalue weighted by atomic mass is 10.2. The molecule has 0 amide bonds. The Morgan fingerprint density at radius 3 is 3.00 bits per heavy atom. The number of nitro groups is 1. The molecular formula is C9H10N2O2S. The van der Waals surface area contributed by atoms with Crippen molar-refractivity contribution in [1.82, 2.24) is 4.98 Å². The third-order valence-electron chi connectivity index (χ3n) is 1.73. The number of aryl methyl sites for hydroxylation is 1. The summed E-state index contributed by atoms with van der Waals surface area (Å²) in [6.45, 7) is 1.81. The third kappa shape index (κ3) is 2.56. The summed E-state index contributed by atoms with van der Waals surface area (Å²) < 4.78 is 0. The van der Waals surface area contributed by atoms with Gasteiger partial charge in [-0.05, 0) is 6.92 Å². The summed E-state index contributed by atoms with van der Waals surface area (Å²) in [7, 11) is 0. The van der Waals surface area contributed by atoms with Gasteiger partial charge < -0.3 is 0 Å². The summed E-state index contributed by atoms with van der Waals surface area (Å²) in [5.41, 5.74) is 1.54. The van der Waals surface area contributed by atoms with Crippen molar-refractivity contribution in [2.24, 2.45) is 0 Å². The van der Waals surface area contributed by atoms with E-state index in [0.29, 0.717) is 5.75 Å². The number of thiol groups is 1. The van der Waals surface area contributed by atoms with Gasteiger partial charge in [-0.1, -0.05) is 12.2 Å². The van der Waals surface area contributed by atoms with Gasteiger partial charge in [-0.25, -0.2) is 0 Å². The van der Waals surface area contributed by atoms with Gasteiger partial charge in [-0.3, -0.25) is 15.1 Å². The molecule has 4 nitrogen and oxygen atoms in total. The third-order valence-corrected chi connectivity index (χ3v) is 1.94. The molecule has 0 saturated carbocycles. The Bertz CT molecular complexity index is 377. The number of nitrogens with zero attached hydrogens (tertiary/aromatic N) is 2. The number of aromatic nitrogens is 1. The fourth-order valence-electron chi connectivity index (χ4n) is 0.987. The molecule has 0 N–H and O–H groups in total. The Kier molecular flexibility index (Phi) is 3.64. The summed E-state index contributed by atoms with van der Waals surface area (Å²) >= 11 is 4.01. The van der Waals surface area contributed by atoms with Gasteiger partial charge in [0.1, 0.15) is 6.20 Å². The number of pyridine rings is 1. The van der Waals surface area contributed by atoms with Gasteiger partial charge in [-0.2, -0.15) is 12.6 Å². The SMILES string of the molecule is Cc1ncc([N+](=O)[O-])cc1C=CCS. The second-order valence-corrected chi connectivity index (χ2v) is 3.08. The van der Waals surface area contributed by atoms with Crippen molar-refractivity contribution in [2.75, 3.05) is 5.75 Å². The van der Waals surface area contributed by atoms with Crippen LogP contribution >= 0.6 is 12.6 Å². The Morgan fingerprint density at radius 1 is 1.71 bits per heavy atom. The largest absolute Gasteiger partial charge is 0.288 e. The summed E-state index contributed by atoms with van der Waals surface area (Å²) in [4.78, 5) is 13.9. The second kappa shape index (κ2) is 4.76. The molecule has 1 rings (SSSR count). The van der Waals surface area contributed by atoms with Crippen molar-refractivity contribution >= 4 is 24.4 Å². The molecule has 74 valence electrons. The zero-order valence-corrected chi connectivity index (χ0v) is 8.57. The highest BCUT2D eigenvalue weighted by molar-refractivity contribution is 7.80. The normalized spacial score (nSPS) is 10.7. The molecule has 0 bridgehead atoms. The average Bonchev–Trinajstić information content (AvgIpc) is 2.16. The van der Waals surface area contributed by atoms with Gasteiger partial charge in [0.05, 0.1) is 4.92 Å². The summed E-state index contributed by atoms with van der Waals surface area (Å²) in [5, 5.41) is 10.5. The predicted octanol–water partition coefficient (Wildman–Crippen LogP) is 2.24. The molecule has 0 fully saturated rings. The first-order chi connectivity index (χ1) is 6.65. The van der Waals surface area contributed by atoms with Crippen LogP contribution in [0.4, 0.5) is 5.69 Å². The van der Waals surface area contributed by atoms with E-state index in [2.05, 4.69) is 17.6 Å². The van der Waals surface area contributed by atoms with Gasteiger partial charge in [0.2, 0.25) is 0 Å². The molecular weight excluding hydrogens is 200 g/mol. The number of hydrogen-bond donors (Lipinski definition) is 1. The quantitative estimate of drug-likeness (QED) is 0.473. The highest BCUT2D eigenvalue weighted by atomic mass is 32.1. The maximum atomic E-state index is 10.5. The lowest BCUT2D eigenvalue weighted by molar-refractivity contribution is -0.385. The van der Waals surface area contributed by atoms with E-state index in [4.69, 9.17) is 0 Å². The van der Waals surface area contributed by atoms with E-state index in [9.17, 15) is 10.1 Å². The lowest BCUT2D eigenvalue weighted by Crippen LogP contribution is -1.93. The van der Waals surface area contributed by atoms with Crippen LogP contribution in [0.5, 0.6) is 0 Å². The van der Waals surface area contributed by atoms with Crippen LogP contribution in [0.15, 0.2) is 18.3 Å². The van der Waals surface area contributed by atoms with Crippen molar-refractivity contribution in [3.8, 4) is 0 Å². The fraction of sp³-hybridized carbons (Fsp3) is 0.222. The zero-order chi connectivity index (χ0) is 10.6. The molecule has 14 heavy (non-hydrogen) atoms. The van der Waals surface area contributed by atoms with E-state index in [0.717, 1.165) is 11.3 Å². The molecule has 5 heteroatoms. The van der Waals surface area contributed by atoms with Crippen LogP contribution in [-0.2, 0) is 0 Å². The molecule has 0 aliphatic carbocycles. The van der Waals surface area contributed by atoms with Gasteiger partial charge in [0, 0.05) is 23.1 Å². The minimum Gasteiger partial charge on any atom is -0.258 e. The number of rotatable bonds is 3. The molecule has 0 aliphatic heterocycles. The van der Waals surface area contributed by atoms with Crippen LogP contribution in [0.2, 0.25) is 0 Å². The average molecular weight is 210 g/mol. The molecule has 0 aromatic carbocycles. The van der Waals surface area contributed by atoms with Crippen LogP contribution in [0.1, 0.15) is 11.3 Å². The number of hydrogen-bond acceptors (Lipinski definition) is 4. The molecule has 0 spiro atoms. The Labute approximate surface area is 87.2 Å². The highest BCUT2D eigenvalue weighted by Gasteiger charge is 2.07. The van der Waals surface area contributed by atoms with E-state index < -0.39 is 4.92 Å². The van der Waals surface area contributed by atoms with E-state index in [1.807, 2.05) is 13.0 Å². The topological polar surface area (TPSA) is 56.0 Å². The first kappa shape index (κ1) is 10.7. The molecule has 0 atom stereocenters. The van der Waals surface area contributed by atoms with Gasteiger partial charge in [0.15, 0.2) is 0 Å². The van der Waals surface area contributed by atoms with Crippen LogP contribution in [0.25, 0.3) is 6.08 Å². The molecule has 0 radical (unpaired) electrons. The molecule has 0 unspecified atom stereocenters. The lowest BCUT2D eigenvalue weighted by Gasteiger charge is -1.98. The first-order valence-corrected chi connectivity index (χ1v) is 4.67. The maximum Gasteiger partial charge on any atom is 0.288 e. The standard InChI is InChI=1S/C9H10N2O2S/c1-7-8(3-2-4-14)5-9(6-10-7)11(12)13/h2-3,5-6,14H,4H2,1H3. The Hall–Kier alpha value is -1.36. The molecule has 0 saturated heterocycles. The molecule has 1 heterocycles. The van der Waals surface area contributed by atoms with Gasteiger partial charge >= 0.3 is 0 Å². The minimum atomic E-state index is -0.454. The van der Waals surface area contributed by atoms with E-state index in [1.54, 1.807) is 6.08 Å². The summed E-state index contributed by atoms with van der Waals surface area (Å²) in [6.07, 6.45) is 4.85. The van der Waals surface area contributed by atoms with Crippen molar-refractivity contribution in [3.63, 3.8) is 0 Å². The Balaban J connectivity index is 3.08. The van der Waals surface area contributed by atoms with E-state index in [1.165, 1.54) is 12.3 Å². The monoisotopic (exact) mass is 210 g/mol. The van der Waals surface area contributed by atoms with Crippen LogP contribution in [0, 0.1) is 17.0 Å². The van der Waals surface area contributed by atoms with Crippen LogP contribution < -0.4 is 0 Å². The van der Waals surface area contributed by atoms with E-state index >= 15 is 0 Å². The van der Waals surface area contributed by atoms with Crippen molar-refractivity contribution in [3.05, 3.63) is 39.7 Å². The molecule has 0 aliphatic rings. The zero-order valence-electron chi connectivity index (χ0n) is 7.67. The van der Waals surface area contributed by atoms with Crippen molar-refractivity contribution < 1.29 is 4.92 Å².